The molecule has 0 atom stereocenters. The minimum Gasteiger partial charge on any atom is -0.368 e. The normalized spacial score (nSPS) is 10.0. The third-order valence-electron chi connectivity index (χ3n) is 1.79. The van der Waals surface area contributed by atoms with Gasteiger partial charge >= 0.3 is 6.03 Å². The molecular formula is C8H14N6O2S. The summed E-state index contributed by atoms with van der Waals surface area (Å²) in [4.78, 5) is 22.4. The SMILES string of the molecule is CCNC(=O)NC(=O)CSc1nnc(N)n1C. The van der Waals surface area contributed by atoms with E-state index >= 15 is 0 Å². The number of hydrogen-bond acceptors (Lipinski definition) is 6. The molecule has 0 fully saturated rings. The Kier molecular flexibility index (Phi) is 4.76. The number of nitrogens with two attached hydrogens (primary N) is 1. The van der Waals surface area contributed by atoms with Crippen LogP contribution < -0.4 is 16.4 Å². The van der Waals surface area contributed by atoms with Gasteiger partial charge in [-0.25, -0.2) is 4.79 Å². The number of amides is 3. The van der Waals surface area contributed by atoms with Gasteiger partial charge in [0.25, 0.3) is 0 Å². The number of anilines is 1. The van der Waals surface area contributed by atoms with Crippen molar-refractivity contribution in [1.82, 2.24) is 25.4 Å². The predicted molar refractivity (Wildman–Crippen MR) is 63.4 cm³/mol. The molecule has 0 aromatic carbocycles. The molecule has 94 valence electrons. The quantitative estimate of drug-likeness (QED) is 0.617. The molecule has 0 aliphatic carbocycles. The number of hydrogen-bond donors (Lipinski definition) is 3. The molecule has 8 nitrogen and oxygen atoms in total. The first-order valence-electron chi connectivity index (χ1n) is 4.90. The number of thioether (sulfide) groups is 1. The van der Waals surface area contributed by atoms with E-state index in [1.807, 2.05) is 0 Å². The molecule has 17 heavy (non-hydrogen) atoms. The van der Waals surface area contributed by atoms with Crippen LogP contribution in [0.2, 0.25) is 0 Å². The summed E-state index contributed by atoms with van der Waals surface area (Å²) in [5.74, 6) is -0.0533. The van der Waals surface area contributed by atoms with Gasteiger partial charge < -0.3 is 11.1 Å². The lowest BCUT2D eigenvalue weighted by Crippen LogP contribution is -2.40. The Morgan fingerprint density at radius 1 is 1.47 bits per heavy atom. The average Bonchev–Trinajstić information content (AvgIpc) is 2.57. The molecule has 1 aromatic rings. The van der Waals surface area contributed by atoms with E-state index in [-0.39, 0.29) is 11.7 Å². The first kappa shape index (κ1) is 13.3. The van der Waals surface area contributed by atoms with Gasteiger partial charge in [-0.05, 0) is 6.92 Å². The molecule has 1 rings (SSSR count). The summed E-state index contributed by atoms with van der Waals surface area (Å²) in [6.45, 7) is 2.23. The van der Waals surface area contributed by atoms with Gasteiger partial charge in [-0.3, -0.25) is 14.7 Å². The summed E-state index contributed by atoms with van der Waals surface area (Å²) < 4.78 is 1.56. The smallest absolute Gasteiger partial charge is 0.321 e. The highest BCUT2D eigenvalue weighted by atomic mass is 32.2. The fraction of sp³-hybridized carbons (Fsp3) is 0.500. The summed E-state index contributed by atoms with van der Waals surface area (Å²) in [7, 11) is 1.69. The van der Waals surface area contributed by atoms with Gasteiger partial charge in [-0.15, -0.1) is 10.2 Å². The molecule has 0 bridgehead atoms. The Morgan fingerprint density at radius 3 is 2.71 bits per heavy atom. The van der Waals surface area contributed by atoms with Crippen molar-refractivity contribution >= 4 is 29.6 Å². The number of carbonyl (C=O) groups excluding carboxylic acids is 2. The maximum atomic E-state index is 11.3. The molecule has 4 N–H and O–H groups in total. The number of carbonyl (C=O) groups is 2. The third-order valence-corrected chi connectivity index (χ3v) is 2.81. The minimum atomic E-state index is -0.504. The van der Waals surface area contributed by atoms with E-state index in [9.17, 15) is 9.59 Å². The van der Waals surface area contributed by atoms with Crippen molar-refractivity contribution in [3.63, 3.8) is 0 Å². The third kappa shape index (κ3) is 3.94. The van der Waals surface area contributed by atoms with Crippen LogP contribution in [0, 0.1) is 0 Å². The van der Waals surface area contributed by atoms with E-state index in [0.717, 1.165) is 11.8 Å². The maximum absolute atomic E-state index is 11.3. The van der Waals surface area contributed by atoms with Crippen LogP contribution >= 0.6 is 11.8 Å². The van der Waals surface area contributed by atoms with E-state index in [0.29, 0.717) is 11.7 Å². The van der Waals surface area contributed by atoms with E-state index in [1.165, 1.54) is 0 Å². The molecule has 0 unspecified atom stereocenters. The highest BCUT2D eigenvalue weighted by Gasteiger charge is 2.11. The predicted octanol–water partition coefficient (Wildman–Crippen LogP) is -0.665. The van der Waals surface area contributed by atoms with Gasteiger partial charge in [0, 0.05) is 13.6 Å². The van der Waals surface area contributed by atoms with E-state index < -0.39 is 11.9 Å². The maximum Gasteiger partial charge on any atom is 0.321 e. The van der Waals surface area contributed by atoms with Crippen molar-refractivity contribution in [2.45, 2.75) is 12.1 Å². The Balaban J connectivity index is 2.38. The topological polar surface area (TPSA) is 115 Å². The summed E-state index contributed by atoms with van der Waals surface area (Å²) in [6, 6.07) is -0.504. The van der Waals surface area contributed by atoms with Crippen LogP contribution in [-0.4, -0.2) is 39.0 Å². The lowest BCUT2D eigenvalue weighted by atomic mass is 10.6. The van der Waals surface area contributed by atoms with Gasteiger partial charge in [-0.1, -0.05) is 11.8 Å². The molecule has 0 spiro atoms. The monoisotopic (exact) mass is 258 g/mol. The summed E-state index contributed by atoms with van der Waals surface area (Å²) in [6.07, 6.45) is 0. The highest BCUT2D eigenvalue weighted by Crippen LogP contribution is 2.15. The largest absolute Gasteiger partial charge is 0.368 e. The molecular weight excluding hydrogens is 244 g/mol. The van der Waals surface area contributed by atoms with Crippen LogP contribution in [0.3, 0.4) is 0 Å². The zero-order valence-electron chi connectivity index (χ0n) is 9.56. The Bertz CT molecular complexity index is 418. The van der Waals surface area contributed by atoms with Gasteiger partial charge in [0.1, 0.15) is 0 Å². The van der Waals surface area contributed by atoms with Crippen LogP contribution in [0.15, 0.2) is 5.16 Å². The van der Waals surface area contributed by atoms with Gasteiger partial charge in [0.05, 0.1) is 5.75 Å². The van der Waals surface area contributed by atoms with Gasteiger partial charge in [0.2, 0.25) is 11.9 Å². The van der Waals surface area contributed by atoms with Crippen molar-refractivity contribution < 1.29 is 9.59 Å². The van der Waals surface area contributed by atoms with E-state index in [4.69, 9.17) is 5.73 Å². The Hall–Kier alpha value is -1.77. The van der Waals surface area contributed by atoms with Crippen LogP contribution in [0.25, 0.3) is 0 Å². The number of nitrogen functional groups attached to an aromatic ring is 1. The number of nitrogens with zero attached hydrogens (tertiary/aromatic N) is 3. The molecule has 0 aliphatic rings. The van der Waals surface area contributed by atoms with Crippen LogP contribution in [0.4, 0.5) is 10.7 Å². The second-order valence-electron chi connectivity index (χ2n) is 3.10. The highest BCUT2D eigenvalue weighted by molar-refractivity contribution is 7.99. The average molecular weight is 258 g/mol. The summed E-state index contributed by atoms with van der Waals surface area (Å²) >= 11 is 1.15. The standard InChI is InChI=1S/C8H14N6O2S/c1-3-10-7(16)11-5(15)4-17-8-13-12-6(9)14(8)2/h3-4H2,1-2H3,(H2,9,12)(H2,10,11,15,16). The fourth-order valence-electron chi connectivity index (χ4n) is 0.949. The molecule has 9 heteroatoms. The van der Waals surface area contributed by atoms with Crippen molar-refractivity contribution in [3.05, 3.63) is 0 Å². The minimum absolute atomic E-state index is 0.0725. The van der Waals surface area contributed by atoms with Gasteiger partial charge in [-0.2, -0.15) is 0 Å². The molecule has 0 radical (unpaired) electrons. The Labute approximate surface area is 102 Å². The van der Waals surface area contributed by atoms with Crippen molar-refractivity contribution in [2.24, 2.45) is 7.05 Å². The number of rotatable bonds is 4. The zero-order chi connectivity index (χ0) is 12.8. The van der Waals surface area contributed by atoms with Crippen molar-refractivity contribution in [1.29, 1.82) is 0 Å². The number of aromatic nitrogens is 3. The van der Waals surface area contributed by atoms with Crippen molar-refractivity contribution in [2.75, 3.05) is 18.0 Å². The van der Waals surface area contributed by atoms with E-state index in [2.05, 4.69) is 20.8 Å². The second kappa shape index (κ2) is 6.09. The summed E-state index contributed by atoms with van der Waals surface area (Å²) in [5.41, 5.74) is 5.48. The number of urea groups is 1. The molecule has 1 aromatic heterocycles. The van der Waals surface area contributed by atoms with Crippen LogP contribution in [0.1, 0.15) is 6.92 Å². The summed E-state index contributed by atoms with van der Waals surface area (Å²) in [5, 5.41) is 12.6. The Morgan fingerprint density at radius 2 is 2.18 bits per heavy atom. The zero-order valence-corrected chi connectivity index (χ0v) is 10.4. The molecule has 0 aliphatic heterocycles. The van der Waals surface area contributed by atoms with Gasteiger partial charge in [0.15, 0.2) is 5.16 Å². The first-order chi connectivity index (χ1) is 8.04. The number of imide groups is 1. The van der Waals surface area contributed by atoms with E-state index in [1.54, 1.807) is 18.5 Å². The lowest BCUT2D eigenvalue weighted by Gasteiger charge is -2.04. The fourth-order valence-corrected chi connectivity index (χ4v) is 1.67. The lowest BCUT2D eigenvalue weighted by molar-refractivity contribution is -0.117. The van der Waals surface area contributed by atoms with Crippen LogP contribution in [-0.2, 0) is 11.8 Å². The van der Waals surface area contributed by atoms with Crippen molar-refractivity contribution in [3.8, 4) is 0 Å². The molecule has 0 saturated heterocycles. The van der Waals surface area contributed by atoms with Crippen LogP contribution in [0.5, 0.6) is 0 Å². The molecule has 1 heterocycles. The number of nitrogens with one attached hydrogen (secondary N) is 2. The first-order valence-corrected chi connectivity index (χ1v) is 5.88. The molecule has 0 saturated carbocycles. The second-order valence-corrected chi connectivity index (χ2v) is 4.04. The molecule has 3 amide bonds.